The quantitative estimate of drug-likeness (QED) is 0.0611. The molecule has 3 aromatic heterocycles. The Kier molecular flexibility index (Phi) is 14.0. The van der Waals surface area contributed by atoms with Crippen LogP contribution in [0.2, 0.25) is 0 Å². The van der Waals surface area contributed by atoms with E-state index in [1.807, 2.05) is 86.0 Å². The maximum Gasteiger partial charge on any atom is 0.407 e. The van der Waals surface area contributed by atoms with Crippen molar-refractivity contribution in [3.05, 3.63) is 102 Å². The first-order chi connectivity index (χ1) is 33.9. The molecular weight excluding hydrogens is 887 g/mol. The molecule has 5 heterocycles. The Hall–Kier alpha value is -7.14. The number of aldehydes is 1. The van der Waals surface area contributed by atoms with E-state index in [0.29, 0.717) is 48.6 Å². The summed E-state index contributed by atoms with van der Waals surface area (Å²) in [7, 11) is 1.29. The Morgan fingerprint density at radius 3 is 1.80 bits per heavy atom. The van der Waals surface area contributed by atoms with Crippen LogP contribution in [0.4, 0.5) is 9.59 Å². The normalized spacial score (nSPS) is 19.0. The molecule has 3 amide bonds. The molecule has 3 aliphatic rings. The number of aromatic nitrogens is 7. The molecule has 17 nitrogen and oxygen atoms in total. The summed E-state index contributed by atoms with van der Waals surface area (Å²) >= 11 is 0. The number of methoxy groups -OCH3 is 1. The molecule has 0 bridgehead atoms. The summed E-state index contributed by atoms with van der Waals surface area (Å²) in [5.74, 6) is 2.71. The number of H-pyrrole nitrogens is 2. The Balaban J connectivity index is 0.984. The van der Waals surface area contributed by atoms with Gasteiger partial charge in [-0.1, -0.05) is 108 Å². The molecule has 1 aliphatic carbocycles. The maximum absolute atomic E-state index is 13.8. The third-order valence-electron chi connectivity index (χ3n) is 14.6. The lowest BCUT2D eigenvalue weighted by atomic mass is 9.84. The van der Waals surface area contributed by atoms with Gasteiger partial charge in [0.05, 0.1) is 43.0 Å². The molecular formula is C53H63N11O6. The van der Waals surface area contributed by atoms with Crippen molar-refractivity contribution in [2.24, 2.45) is 11.8 Å². The molecule has 2 saturated heterocycles. The Labute approximate surface area is 407 Å². The van der Waals surface area contributed by atoms with Gasteiger partial charge in [-0.2, -0.15) is 0 Å². The van der Waals surface area contributed by atoms with Crippen molar-refractivity contribution in [1.29, 1.82) is 0 Å². The van der Waals surface area contributed by atoms with Crippen molar-refractivity contribution in [2.45, 2.75) is 115 Å². The van der Waals surface area contributed by atoms with E-state index in [9.17, 15) is 24.3 Å². The molecule has 3 aromatic carbocycles. The molecule has 17 heteroatoms. The van der Waals surface area contributed by atoms with Gasteiger partial charge in [-0.15, -0.1) is 10.2 Å². The van der Waals surface area contributed by atoms with Gasteiger partial charge >= 0.3 is 12.2 Å². The first-order valence-electron chi connectivity index (χ1n) is 24.6. The van der Waals surface area contributed by atoms with Crippen LogP contribution in [-0.4, -0.2) is 106 Å². The molecule has 0 unspecified atom stereocenters. The molecule has 4 atom stereocenters. The summed E-state index contributed by atoms with van der Waals surface area (Å²) in [6.45, 7) is 8.61. The number of nitrogens with zero attached hydrogens (tertiary/aromatic N) is 7. The average Bonchev–Trinajstić information content (AvgIpc) is 4.25. The number of benzene rings is 3. The largest absolute Gasteiger partial charge is 0.465 e. The highest BCUT2D eigenvalue weighted by molar-refractivity contribution is 5.86. The number of likely N-dealkylation sites (tertiary alicyclic amines) is 2. The van der Waals surface area contributed by atoms with Gasteiger partial charge in [0, 0.05) is 29.9 Å². The van der Waals surface area contributed by atoms with Crippen molar-refractivity contribution in [2.75, 3.05) is 20.2 Å². The van der Waals surface area contributed by atoms with E-state index in [-0.39, 0.29) is 29.8 Å². The van der Waals surface area contributed by atoms with Gasteiger partial charge in [0.1, 0.15) is 17.7 Å². The second-order valence-corrected chi connectivity index (χ2v) is 19.6. The lowest BCUT2D eigenvalue weighted by molar-refractivity contribution is -0.135. The van der Waals surface area contributed by atoms with Crippen molar-refractivity contribution in [1.82, 2.24) is 55.1 Å². The van der Waals surface area contributed by atoms with Crippen LogP contribution in [0.15, 0.2) is 85.2 Å². The number of imidazole rings is 2. The second kappa shape index (κ2) is 20.4. The molecule has 0 spiro atoms. The van der Waals surface area contributed by atoms with Crippen LogP contribution in [0.25, 0.3) is 51.0 Å². The van der Waals surface area contributed by atoms with Crippen LogP contribution in [-0.2, 0) is 14.3 Å². The van der Waals surface area contributed by atoms with Gasteiger partial charge in [0.15, 0.2) is 23.6 Å². The fraction of sp³-hybridized carbons (Fsp3) is 0.434. The number of nitrogens with one attached hydrogen (secondary N) is 4. The summed E-state index contributed by atoms with van der Waals surface area (Å²) in [5.41, 5.74) is 6.11. The highest BCUT2D eigenvalue weighted by atomic mass is 16.5. The monoisotopic (exact) mass is 949 g/mol. The minimum Gasteiger partial charge on any atom is -0.465 e. The van der Waals surface area contributed by atoms with Crippen LogP contribution in [0.3, 0.4) is 0 Å². The van der Waals surface area contributed by atoms with Crippen molar-refractivity contribution >= 4 is 24.4 Å². The van der Waals surface area contributed by atoms with Gasteiger partial charge < -0.3 is 30.0 Å². The van der Waals surface area contributed by atoms with E-state index in [1.165, 1.54) is 44.8 Å². The Morgan fingerprint density at radius 1 is 0.729 bits per heavy atom. The second-order valence-electron chi connectivity index (χ2n) is 19.6. The fourth-order valence-electron chi connectivity index (χ4n) is 10.8. The van der Waals surface area contributed by atoms with E-state index >= 15 is 0 Å². The van der Waals surface area contributed by atoms with E-state index < -0.39 is 23.9 Å². The third-order valence-corrected chi connectivity index (χ3v) is 14.6. The molecule has 366 valence electrons. The van der Waals surface area contributed by atoms with Crippen molar-refractivity contribution in [3.63, 3.8) is 0 Å². The topological polar surface area (TPSA) is 216 Å². The zero-order chi connectivity index (χ0) is 49.1. The van der Waals surface area contributed by atoms with Crippen molar-refractivity contribution in [3.8, 4) is 51.0 Å². The standard InChI is InChI=1S/C53H63N11O6/c1-32(2)45(58-52(69)70-5)50(66)62-27-9-13-43(62)46-54-29-41(56-46)36-15-19-38(20-16-36)48-60-61-49(64(48)40-25-23-35(24-26-40)34-11-7-6-8-12-34)39-21-17-37(18-22-39)42-30-55-47(57-42)44-14-10-28-63(44)53(31-65,33(3)4)59-51(67)68/h15-26,29-34,43-45,59H,6-14,27-28H2,1-5H3,(H,54,56)(H,55,57)(H,58,69)(H,67,68)/t43-,44-,45-,53+/m0/s1. The number of carbonyl (C=O) groups excluding carboxylic acids is 3. The highest BCUT2D eigenvalue weighted by Gasteiger charge is 2.48. The lowest BCUT2D eigenvalue weighted by Gasteiger charge is -2.43. The molecule has 5 N–H and O–H groups in total. The van der Waals surface area contributed by atoms with Gasteiger partial charge in [0.25, 0.3) is 0 Å². The number of carbonyl (C=O) groups is 4. The van der Waals surface area contributed by atoms with E-state index in [1.54, 1.807) is 12.4 Å². The smallest absolute Gasteiger partial charge is 0.407 e. The predicted molar refractivity (Wildman–Crippen MR) is 265 cm³/mol. The van der Waals surface area contributed by atoms with E-state index in [0.717, 1.165) is 65.0 Å². The zero-order valence-electron chi connectivity index (χ0n) is 40.5. The van der Waals surface area contributed by atoms with Gasteiger partial charge in [-0.25, -0.2) is 19.6 Å². The maximum atomic E-state index is 13.8. The van der Waals surface area contributed by atoms with Crippen LogP contribution in [0.5, 0.6) is 0 Å². The minimum absolute atomic E-state index is 0.130. The Morgan fingerprint density at radius 2 is 1.27 bits per heavy atom. The van der Waals surface area contributed by atoms with E-state index in [2.05, 4.69) is 49.4 Å². The van der Waals surface area contributed by atoms with Crippen LogP contribution in [0.1, 0.15) is 121 Å². The Bertz CT molecular complexity index is 2790. The minimum atomic E-state index is -1.38. The van der Waals surface area contributed by atoms with Crippen LogP contribution >= 0.6 is 0 Å². The van der Waals surface area contributed by atoms with Crippen LogP contribution in [0, 0.1) is 11.8 Å². The fourth-order valence-corrected chi connectivity index (χ4v) is 10.8. The highest BCUT2D eigenvalue weighted by Crippen LogP contribution is 2.40. The number of hydrogen-bond donors (Lipinski definition) is 5. The number of carboxylic acid groups (broad SMARTS) is 1. The molecule has 0 radical (unpaired) electrons. The number of alkyl carbamates (subject to hydrolysis) is 1. The first-order valence-corrected chi connectivity index (χ1v) is 24.6. The lowest BCUT2D eigenvalue weighted by Crippen LogP contribution is -2.64. The molecule has 70 heavy (non-hydrogen) atoms. The SMILES string of the molecule is COC(=O)N[C@H](C(=O)N1CCC[C@H]1c1ncc(-c2ccc(-c3nnc(-c4ccc(-c5cnc([C@@H]6CCCN6[C@@](C=O)(NC(=O)O)C(C)C)[nH]5)cc4)n3-c3ccc(C4CCCCC4)cc3)cc2)[nH]1)C(C)C. The summed E-state index contributed by atoms with van der Waals surface area (Å²) in [6.07, 6.45) is 11.7. The zero-order valence-corrected chi connectivity index (χ0v) is 40.5. The number of rotatable bonds is 15. The molecule has 1 saturated carbocycles. The van der Waals surface area contributed by atoms with Gasteiger partial charge in [0.2, 0.25) is 5.91 Å². The molecule has 3 fully saturated rings. The number of aromatic amines is 2. The first kappa shape index (κ1) is 47.9. The number of ether oxygens (including phenoxy) is 1. The van der Waals surface area contributed by atoms with E-state index in [4.69, 9.17) is 24.9 Å². The van der Waals surface area contributed by atoms with Crippen LogP contribution < -0.4 is 10.6 Å². The molecule has 9 rings (SSSR count). The average molecular weight is 950 g/mol. The van der Waals surface area contributed by atoms with Gasteiger partial charge in [-0.3, -0.25) is 24.4 Å². The molecule has 2 aliphatic heterocycles. The van der Waals surface area contributed by atoms with Crippen molar-refractivity contribution < 1.29 is 29.0 Å². The third kappa shape index (κ3) is 9.46. The molecule has 6 aromatic rings. The summed E-state index contributed by atoms with van der Waals surface area (Å²) < 4.78 is 6.91. The predicted octanol–water partition coefficient (Wildman–Crippen LogP) is 9.43. The summed E-state index contributed by atoms with van der Waals surface area (Å²) in [5, 5.41) is 24.5. The number of amides is 3. The summed E-state index contributed by atoms with van der Waals surface area (Å²) in [6, 6.07) is 23.8. The van der Waals surface area contributed by atoms with Gasteiger partial charge in [-0.05, 0) is 85.1 Å². The number of hydrogen-bond acceptors (Lipinski definition) is 10. The summed E-state index contributed by atoms with van der Waals surface area (Å²) in [4.78, 5) is 70.5.